The maximum atomic E-state index is 6.50. The normalized spacial score (nSPS) is 15.0. The van der Waals surface area contributed by atoms with E-state index < -0.39 is 5.41 Å². The molecule has 2 heterocycles. The molecular weight excluding hydrogens is 787 g/mol. The van der Waals surface area contributed by atoms with Gasteiger partial charge >= 0.3 is 0 Å². The van der Waals surface area contributed by atoms with E-state index in [1.165, 1.54) is 83.1 Å². The zero-order chi connectivity index (χ0) is 43.6. The number of hydrogen-bond acceptors (Lipinski definition) is 1. The highest BCUT2D eigenvalue weighted by Crippen LogP contribution is 2.63. The zero-order valence-electron chi connectivity index (χ0n) is 36.3. The minimum Gasteiger partial charge on any atom is -0.455 e. The fourth-order valence-corrected chi connectivity index (χ4v) is 11.6. The molecule has 65 heavy (non-hydrogen) atoms. The summed E-state index contributed by atoms with van der Waals surface area (Å²) >= 11 is 0. The lowest BCUT2D eigenvalue weighted by Gasteiger charge is -2.31. The smallest absolute Gasteiger partial charge is 0.143 e. The van der Waals surface area contributed by atoms with Gasteiger partial charge in [0.05, 0.1) is 16.4 Å². The van der Waals surface area contributed by atoms with Gasteiger partial charge in [0, 0.05) is 32.8 Å². The molecule has 2 heteroatoms. The summed E-state index contributed by atoms with van der Waals surface area (Å²) in [6.45, 7) is 13.2. The van der Waals surface area contributed by atoms with Gasteiger partial charge in [-0.15, -0.1) is 0 Å². The van der Waals surface area contributed by atoms with Crippen molar-refractivity contribution in [3.8, 4) is 50.2 Å². The van der Waals surface area contributed by atoms with E-state index in [1.807, 2.05) is 18.2 Å². The highest BCUT2D eigenvalue weighted by molar-refractivity contribution is 6.14. The molecule has 2 nitrogen and oxygen atoms in total. The van der Waals surface area contributed by atoms with Crippen LogP contribution in [0, 0.1) is 13.8 Å². The minimum absolute atomic E-state index is 0.544. The number of aromatic nitrogens is 1. The zero-order valence-corrected chi connectivity index (χ0v) is 36.3. The largest absolute Gasteiger partial charge is 0.455 e. The summed E-state index contributed by atoms with van der Waals surface area (Å²) in [4.78, 5) is 0. The molecule has 0 fully saturated rings. The molecule has 1 spiro atoms. The van der Waals surface area contributed by atoms with Gasteiger partial charge in [-0.25, -0.2) is 0 Å². The predicted octanol–water partition coefficient (Wildman–Crippen LogP) is 16.8. The van der Waals surface area contributed by atoms with Crippen molar-refractivity contribution >= 4 is 49.3 Å². The highest BCUT2D eigenvalue weighted by atomic mass is 16.3. The molecule has 1 unspecified atom stereocenters. The van der Waals surface area contributed by atoms with Crippen LogP contribution in [0.15, 0.2) is 223 Å². The summed E-state index contributed by atoms with van der Waals surface area (Å²) in [7, 11) is 0. The molecule has 2 aliphatic rings. The first-order chi connectivity index (χ1) is 32.0. The Morgan fingerprint density at radius 2 is 1.06 bits per heavy atom. The van der Waals surface area contributed by atoms with Gasteiger partial charge in [-0.1, -0.05) is 165 Å². The van der Waals surface area contributed by atoms with Crippen molar-refractivity contribution in [2.24, 2.45) is 0 Å². The van der Waals surface area contributed by atoms with Crippen LogP contribution in [0.1, 0.15) is 33.4 Å². The van der Waals surface area contributed by atoms with Crippen molar-refractivity contribution in [2.75, 3.05) is 0 Å². The van der Waals surface area contributed by atoms with E-state index in [0.717, 1.165) is 55.4 Å². The summed E-state index contributed by atoms with van der Waals surface area (Å²) in [5, 5.41) is 4.69. The first-order valence-corrected chi connectivity index (χ1v) is 22.5. The van der Waals surface area contributed by atoms with Gasteiger partial charge in [-0.2, -0.15) is 0 Å². The summed E-state index contributed by atoms with van der Waals surface area (Å²) in [6, 6.07) is 69.2. The fourth-order valence-electron chi connectivity index (χ4n) is 11.6. The Balaban J connectivity index is 1.07. The van der Waals surface area contributed by atoms with Crippen molar-refractivity contribution in [3.63, 3.8) is 0 Å². The fraction of sp³-hybridized carbons (Fsp3) is 0.0476. The maximum Gasteiger partial charge on any atom is 0.143 e. The van der Waals surface area contributed by atoms with E-state index in [0.29, 0.717) is 0 Å². The van der Waals surface area contributed by atoms with Gasteiger partial charge < -0.3 is 8.98 Å². The van der Waals surface area contributed by atoms with Crippen LogP contribution in [0.3, 0.4) is 0 Å². The van der Waals surface area contributed by atoms with E-state index in [4.69, 9.17) is 4.42 Å². The Morgan fingerprint density at radius 1 is 0.431 bits per heavy atom. The lowest BCUT2D eigenvalue weighted by molar-refractivity contribution is 0.670. The Bertz CT molecular complexity index is 3890. The van der Waals surface area contributed by atoms with Crippen molar-refractivity contribution in [1.82, 2.24) is 4.57 Å². The van der Waals surface area contributed by atoms with Crippen molar-refractivity contribution in [1.29, 1.82) is 0 Å². The Kier molecular flexibility index (Phi) is 7.99. The van der Waals surface area contributed by atoms with Gasteiger partial charge in [-0.05, 0) is 146 Å². The lowest BCUT2D eigenvalue weighted by atomic mass is 9.69. The minimum atomic E-state index is -0.544. The van der Waals surface area contributed by atoms with Gasteiger partial charge in [0.15, 0.2) is 0 Å². The van der Waals surface area contributed by atoms with Gasteiger partial charge in [0.2, 0.25) is 0 Å². The molecule has 2 aliphatic carbocycles. The second-order valence-corrected chi connectivity index (χ2v) is 17.7. The lowest BCUT2D eigenvalue weighted by Crippen LogP contribution is -2.26. The molecule has 9 aromatic carbocycles. The third-order valence-electron chi connectivity index (χ3n) is 14.5. The van der Waals surface area contributed by atoms with E-state index in [2.05, 4.69) is 214 Å². The molecule has 0 saturated carbocycles. The standard InChI is InChI=1S/C63H43NO/c1-5-44-47-18-9-12-23-56(47)63(55(44)6-2)57-24-13-10-19-48(57)52-36-54-53-35-42(41-27-26-39(4)51(34-41)45-17-8-7-16-38(45)3)30-33-59(53)64(60(54)37-58(52)63)43-31-28-40(29-32-43)46-21-15-22-50-49-20-11-14-25-61(49)65-62(46)50/h5-37H,1-2H2,3-4H3. The Morgan fingerprint density at radius 3 is 1.86 bits per heavy atom. The number of nitrogens with zero attached hydrogens (tertiary/aromatic N) is 1. The number of allylic oxidation sites excluding steroid dienone is 4. The van der Waals surface area contributed by atoms with Gasteiger partial charge in [-0.3, -0.25) is 0 Å². The summed E-state index contributed by atoms with van der Waals surface area (Å²) in [5.74, 6) is 0. The van der Waals surface area contributed by atoms with Crippen molar-refractivity contribution < 1.29 is 4.42 Å². The third kappa shape index (κ3) is 5.11. The number of hydrogen-bond donors (Lipinski definition) is 0. The maximum absolute atomic E-state index is 6.50. The second-order valence-electron chi connectivity index (χ2n) is 17.7. The topological polar surface area (TPSA) is 18.1 Å². The van der Waals surface area contributed by atoms with E-state index in [9.17, 15) is 0 Å². The molecule has 11 aromatic rings. The van der Waals surface area contributed by atoms with Crippen LogP contribution >= 0.6 is 0 Å². The second kappa shape index (κ2) is 13.9. The number of rotatable bonds is 6. The molecule has 0 bridgehead atoms. The number of aryl methyl sites for hydroxylation is 2. The average molecular weight is 830 g/mol. The molecular formula is C63H43NO. The van der Waals surface area contributed by atoms with Gasteiger partial charge in [0.25, 0.3) is 0 Å². The van der Waals surface area contributed by atoms with E-state index >= 15 is 0 Å². The number of benzene rings is 9. The van der Waals surface area contributed by atoms with Crippen LogP contribution < -0.4 is 0 Å². The quantitative estimate of drug-likeness (QED) is 0.163. The molecule has 1 atom stereocenters. The van der Waals surface area contributed by atoms with Crippen molar-refractivity contribution in [3.05, 3.63) is 252 Å². The Labute approximate surface area is 378 Å². The summed E-state index contributed by atoms with van der Waals surface area (Å²) in [6.07, 6.45) is 4.09. The first-order valence-electron chi connectivity index (χ1n) is 22.5. The Hall–Kier alpha value is -8.20. The van der Waals surface area contributed by atoms with Crippen LogP contribution in [-0.4, -0.2) is 4.57 Å². The van der Waals surface area contributed by atoms with Crippen molar-refractivity contribution in [2.45, 2.75) is 19.3 Å². The molecule has 0 saturated heterocycles. The van der Waals surface area contributed by atoms with Crippen LogP contribution in [-0.2, 0) is 5.41 Å². The molecule has 13 rings (SSSR count). The van der Waals surface area contributed by atoms with Crippen LogP contribution in [0.2, 0.25) is 0 Å². The molecule has 0 radical (unpaired) electrons. The third-order valence-corrected chi connectivity index (χ3v) is 14.5. The predicted molar refractivity (Wildman–Crippen MR) is 273 cm³/mol. The first kappa shape index (κ1) is 37.4. The van der Waals surface area contributed by atoms with E-state index in [1.54, 1.807) is 0 Å². The molecule has 306 valence electrons. The van der Waals surface area contributed by atoms with Crippen LogP contribution in [0.5, 0.6) is 0 Å². The summed E-state index contributed by atoms with van der Waals surface area (Å²) < 4.78 is 8.97. The molecule has 0 aliphatic heterocycles. The average Bonchev–Trinajstić information content (AvgIpc) is 4.06. The highest BCUT2D eigenvalue weighted by Gasteiger charge is 2.52. The SMILES string of the molecule is C=CC1=C(C=C)C2(c3ccccc31)c1ccccc1-c1cc3c4cc(-c5ccc(C)c(-c6ccccc6C)c5)ccc4n(-c4ccc(-c5cccc6c5oc5ccccc56)cc4)c3cc12. The van der Waals surface area contributed by atoms with E-state index in [-0.39, 0.29) is 0 Å². The molecule has 0 amide bonds. The molecule has 0 N–H and O–H groups in total. The monoisotopic (exact) mass is 829 g/mol. The summed E-state index contributed by atoms with van der Waals surface area (Å²) in [5.41, 5.74) is 24.2. The molecule has 2 aromatic heterocycles. The number of para-hydroxylation sites is 2. The number of furan rings is 1. The van der Waals surface area contributed by atoms with Gasteiger partial charge in [0.1, 0.15) is 11.2 Å². The van der Waals surface area contributed by atoms with Crippen LogP contribution in [0.4, 0.5) is 0 Å². The number of fused-ring (bicyclic) bond motifs is 13. The van der Waals surface area contributed by atoms with Crippen LogP contribution in [0.25, 0.3) is 99.5 Å².